The van der Waals surface area contributed by atoms with Crippen LogP contribution in [0.3, 0.4) is 0 Å². The average molecular weight is 298 g/mol. The van der Waals surface area contributed by atoms with Crippen molar-refractivity contribution in [2.75, 3.05) is 5.32 Å². The Bertz CT molecular complexity index is 568. The van der Waals surface area contributed by atoms with Crippen LogP contribution in [-0.2, 0) is 7.05 Å². The molecule has 1 aromatic heterocycles. The van der Waals surface area contributed by atoms with Gasteiger partial charge in [-0.15, -0.1) is 0 Å². The van der Waals surface area contributed by atoms with Crippen molar-refractivity contribution in [2.24, 2.45) is 7.05 Å². The number of amides is 1. The minimum Gasteiger partial charge on any atom is -0.319 e. The lowest BCUT2D eigenvalue weighted by molar-refractivity contribution is 0.102. The lowest BCUT2D eigenvalue weighted by atomic mass is 10.2. The first kappa shape index (κ1) is 11.8. The SMILES string of the molecule is Cn1cc(NC(=O)c2ccc(F)cc2Br)cn1. The molecule has 0 unspecified atom stereocenters. The van der Waals surface area contributed by atoms with Gasteiger partial charge in [-0.1, -0.05) is 0 Å². The third kappa shape index (κ3) is 2.71. The van der Waals surface area contributed by atoms with Crippen LogP contribution in [-0.4, -0.2) is 15.7 Å². The van der Waals surface area contributed by atoms with E-state index in [9.17, 15) is 9.18 Å². The summed E-state index contributed by atoms with van der Waals surface area (Å²) in [4.78, 5) is 11.9. The molecule has 0 aliphatic heterocycles. The fourth-order valence-corrected chi connectivity index (χ4v) is 1.89. The molecule has 88 valence electrons. The van der Waals surface area contributed by atoms with Crippen LogP contribution < -0.4 is 5.32 Å². The quantitative estimate of drug-likeness (QED) is 0.926. The number of rotatable bonds is 2. The van der Waals surface area contributed by atoms with Crippen molar-refractivity contribution in [1.29, 1.82) is 0 Å². The van der Waals surface area contributed by atoms with Gasteiger partial charge in [0.05, 0.1) is 17.4 Å². The first-order chi connectivity index (χ1) is 8.06. The Morgan fingerprint density at radius 1 is 1.53 bits per heavy atom. The highest BCUT2D eigenvalue weighted by Crippen LogP contribution is 2.19. The van der Waals surface area contributed by atoms with E-state index in [0.29, 0.717) is 15.7 Å². The van der Waals surface area contributed by atoms with Crippen LogP contribution in [0.2, 0.25) is 0 Å². The second kappa shape index (κ2) is 4.67. The molecule has 1 amide bonds. The van der Waals surface area contributed by atoms with E-state index in [-0.39, 0.29) is 5.91 Å². The van der Waals surface area contributed by atoms with Gasteiger partial charge >= 0.3 is 0 Å². The summed E-state index contributed by atoms with van der Waals surface area (Å²) in [5.74, 6) is -0.709. The van der Waals surface area contributed by atoms with Gasteiger partial charge in [-0.05, 0) is 34.1 Å². The van der Waals surface area contributed by atoms with Crippen LogP contribution in [0.5, 0.6) is 0 Å². The van der Waals surface area contributed by atoms with Crippen LogP contribution in [0.25, 0.3) is 0 Å². The van der Waals surface area contributed by atoms with Crippen LogP contribution >= 0.6 is 15.9 Å². The fraction of sp³-hybridized carbons (Fsp3) is 0.0909. The third-order valence-electron chi connectivity index (χ3n) is 2.14. The molecule has 0 bridgehead atoms. The van der Waals surface area contributed by atoms with Gasteiger partial charge in [0.1, 0.15) is 5.82 Å². The van der Waals surface area contributed by atoms with Gasteiger partial charge in [-0.25, -0.2) is 4.39 Å². The molecular weight excluding hydrogens is 289 g/mol. The minimum absolute atomic E-state index is 0.315. The van der Waals surface area contributed by atoms with Gasteiger partial charge in [-0.3, -0.25) is 9.48 Å². The highest BCUT2D eigenvalue weighted by atomic mass is 79.9. The first-order valence-corrected chi connectivity index (χ1v) is 5.60. The van der Waals surface area contributed by atoms with Crippen molar-refractivity contribution in [3.8, 4) is 0 Å². The van der Waals surface area contributed by atoms with Crippen molar-refractivity contribution in [3.05, 3.63) is 46.4 Å². The maximum Gasteiger partial charge on any atom is 0.256 e. The number of aryl methyl sites for hydroxylation is 1. The molecule has 0 atom stereocenters. The van der Waals surface area contributed by atoms with E-state index >= 15 is 0 Å². The van der Waals surface area contributed by atoms with Crippen LogP contribution in [0.15, 0.2) is 35.1 Å². The molecule has 2 rings (SSSR count). The summed E-state index contributed by atoms with van der Waals surface area (Å²) < 4.78 is 14.9. The Hall–Kier alpha value is -1.69. The molecule has 1 heterocycles. The number of benzene rings is 1. The van der Waals surface area contributed by atoms with Crippen molar-refractivity contribution >= 4 is 27.5 Å². The number of nitrogens with zero attached hydrogens (tertiary/aromatic N) is 2. The summed E-state index contributed by atoms with van der Waals surface area (Å²) in [7, 11) is 1.75. The van der Waals surface area contributed by atoms with Crippen LogP contribution in [0, 0.1) is 5.82 Å². The molecule has 2 aromatic rings. The smallest absolute Gasteiger partial charge is 0.256 e. The zero-order valence-corrected chi connectivity index (χ0v) is 10.5. The highest BCUT2D eigenvalue weighted by molar-refractivity contribution is 9.10. The van der Waals surface area contributed by atoms with Gasteiger partial charge in [-0.2, -0.15) is 5.10 Å². The topological polar surface area (TPSA) is 46.9 Å². The van der Waals surface area contributed by atoms with Gasteiger partial charge < -0.3 is 5.32 Å². The second-order valence-corrected chi connectivity index (χ2v) is 4.34. The molecule has 0 aliphatic rings. The van der Waals surface area contributed by atoms with Crippen LogP contribution in [0.1, 0.15) is 10.4 Å². The fourth-order valence-electron chi connectivity index (χ4n) is 1.36. The number of anilines is 1. The molecule has 0 saturated carbocycles. The monoisotopic (exact) mass is 297 g/mol. The summed E-state index contributed by atoms with van der Waals surface area (Å²) >= 11 is 3.14. The Morgan fingerprint density at radius 3 is 2.88 bits per heavy atom. The summed E-state index contributed by atoms with van der Waals surface area (Å²) in [6, 6.07) is 3.91. The molecule has 1 N–H and O–H groups in total. The number of nitrogens with one attached hydrogen (secondary N) is 1. The minimum atomic E-state index is -0.394. The summed E-state index contributed by atoms with van der Waals surface area (Å²) in [5.41, 5.74) is 0.962. The molecule has 0 aliphatic carbocycles. The van der Waals surface area contributed by atoms with Crippen molar-refractivity contribution < 1.29 is 9.18 Å². The number of hydrogen-bond acceptors (Lipinski definition) is 2. The van der Waals surface area contributed by atoms with E-state index in [2.05, 4.69) is 26.3 Å². The molecule has 17 heavy (non-hydrogen) atoms. The Balaban J connectivity index is 2.20. The number of carbonyl (C=O) groups excluding carboxylic acids is 1. The predicted molar refractivity (Wildman–Crippen MR) is 65.3 cm³/mol. The molecule has 0 spiro atoms. The number of halogens is 2. The molecule has 0 radical (unpaired) electrons. The Kier molecular flexibility index (Phi) is 3.23. The zero-order valence-electron chi connectivity index (χ0n) is 8.95. The summed E-state index contributed by atoms with van der Waals surface area (Å²) in [6.45, 7) is 0. The summed E-state index contributed by atoms with van der Waals surface area (Å²) in [5, 5.41) is 6.59. The number of hydrogen-bond donors (Lipinski definition) is 1. The molecule has 0 saturated heterocycles. The first-order valence-electron chi connectivity index (χ1n) is 4.81. The maximum absolute atomic E-state index is 12.9. The van der Waals surface area contributed by atoms with Gasteiger partial charge in [0.2, 0.25) is 0 Å². The lowest BCUT2D eigenvalue weighted by Crippen LogP contribution is -2.12. The largest absolute Gasteiger partial charge is 0.319 e. The third-order valence-corrected chi connectivity index (χ3v) is 2.79. The Labute approximate surface area is 106 Å². The van der Waals surface area contributed by atoms with Gasteiger partial charge in [0, 0.05) is 17.7 Å². The number of carbonyl (C=O) groups is 1. The number of aromatic nitrogens is 2. The lowest BCUT2D eigenvalue weighted by Gasteiger charge is -2.04. The maximum atomic E-state index is 12.9. The van der Waals surface area contributed by atoms with E-state index in [1.807, 2.05) is 0 Å². The second-order valence-electron chi connectivity index (χ2n) is 3.48. The zero-order chi connectivity index (χ0) is 12.4. The van der Waals surface area contributed by atoms with Crippen molar-refractivity contribution in [1.82, 2.24) is 9.78 Å². The molecule has 0 fully saturated rings. The van der Waals surface area contributed by atoms with E-state index in [0.717, 1.165) is 0 Å². The highest BCUT2D eigenvalue weighted by Gasteiger charge is 2.11. The van der Waals surface area contributed by atoms with Crippen molar-refractivity contribution in [2.45, 2.75) is 0 Å². The normalized spacial score (nSPS) is 10.3. The van der Waals surface area contributed by atoms with E-state index in [1.54, 1.807) is 17.9 Å². The molecule has 4 nitrogen and oxygen atoms in total. The van der Waals surface area contributed by atoms with Crippen molar-refractivity contribution in [3.63, 3.8) is 0 Å². The average Bonchev–Trinajstić information content (AvgIpc) is 2.63. The molecule has 6 heteroatoms. The summed E-state index contributed by atoms with van der Waals surface area (Å²) in [6.07, 6.45) is 3.21. The molecular formula is C11H9BrFN3O. The van der Waals surface area contributed by atoms with Gasteiger partial charge in [0.15, 0.2) is 0 Å². The van der Waals surface area contributed by atoms with E-state index in [4.69, 9.17) is 0 Å². The molecule has 1 aromatic carbocycles. The van der Waals surface area contributed by atoms with E-state index < -0.39 is 5.82 Å². The van der Waals surface area contributed by atoms with Crippen LogP contribution in [0.4, 0.5) is 10.1 Å². The standard InChI is InChI=1S/C11H9BrFN3O/c1-16-6-8(5-14-16)15-11(17)9-3-2-7(13)4-10(9)12/h2-6H,1H3,(H,15,17). The predicted octanol–water partition coefficient (Wildman–Crippen LogP) is 2.57. The van der Waals surface area contributed by atoms with E-state index in [1.165, 1.54) is 24.4 Å². The van der Waals surface area contributed by atoms with Gasteiger partial charge in [0.25, 0.3) is 5.91 Å². The Morgan fingerprint density at radius 2 is 2.29 bits per heavy atom.